The molecule has 2 heterocycles. The second kappa shape index (κ2) is 7.01. The first-order valence-corrected chi connectivity index (χ1v) is 8.55. The van der Waals surface area contributed by atoms with Gasteiger partial charge in [0.1, 0.15) is 6.54 Å². The quantitative estimate of drug-likeness (QED) is 0.870. The van der Waals surface area contributed by atoms with E-state index in [1.807, 2.05) is 27.4 Å². The van der Waals surface area contributed by atoms with Gasteiger partial charge in [0.05, 0.1) is 6.33 Å². The number of aryl methyl sites for hydroxylation is 1. The smallest absolute Gasteiger partial charge is 0.242 e. The number of nitrogens with zero attached hydrogens (tertiary/aromatic N) is 3. The Hall–Kier alpha value is -1.75. The van der Waals surface area contributed by atoms with Crippen molar-refractivity contribution < 1.29 is 4.79 Å². The number of rotatable bonds is 4. The minimum atomic E-state index is 0.192. The van der Waals surface area contributed by atoms with Gasteiger partial charge in [0.2, 0.25) is 5.91 Å². The fourth-order valence-electron chi connectivity index (χ4n) is 2.74. The van der Waals surface area contributed by atoms with Crippen molar-refractivity contribution in [2.75, 3.05) is 13.1 Å². The number of likely N-dealkylation sites (tertiary alicyclic amines) is 1. The lowest BCUT2D eigenvalue weighted by Crippen LogP contribution is -2.40. The summed E-state index contributed by atoms with van der Waals surface area (Å²) in [6.45, 7) is 4.24. The molecule has 1 amide bonds. The summed E-state index contributed by atoms with van der Waals surface area (Å²) in [5.41, 5.74) is 1.30. The first-order valence-electron chi connectivity index (χ1n) is 7.67. The lowest BCUT2D eigenvalue weighted by molar-refractivity contribution is -0.132. The van der Waals surface area contributed by atoms with Gasteiger partial charge >= 0.3 is 0 Å². The highest BCUT2D eigenvalue weighted by atomic mass is 32.2. The summed E-state index contributed by atoms with van der Waals surface area (Å²) in [5.74, 6) is 0.192. The summed E-state index contributed by atoms with van der Waals surface area (Å²) >= 11 is 1.94. The second-order valence-corrected chi connectivity index (χ2v) is 7.12. The molecule has 1 aliphatic rings. The third-order valence-electron chi connectivity index (χ3n) is 3.96. The molecule has 1 saturated heterocycles. The molecule has 0 spiro atoms. The van der Waals surface area contributed by atoms with Crippen LogP contribution in [0.2, 0.25) is 0 Å². The van der Waals surface area contributed by atoms with Crippen LogP contribution in [0.1, 0.15) is 18.4 Å². The molecular weight excluding hydrogens is 294 g/mol. The van der Waals surface area contributed by atoms with Gasteiger partial charge in [-0.2, -0.15) is 0 Å². The maximum atomic E-state index is 12.2. The standard InChI is InChI=1S/C17H21N3OS/c1-14-3-2-4-16(11-14)22-15-5-8-20(9-6-15)17(21)12-19-10-7-18-13-19/h2-4,7,10-11,13,15H,5-6,8-9,12H2,1H3. The maximum absolute atomic E-state index is 12.2. The van der Waals surface area contributed by atoms with E-state index in [1.165, 1.54) is 10.5 Å². The summed E-state index contributed by atoms with van der Waals surface area (Å²) in [7, 11) is 0. The van der Waals surface area contributed by atoms with E-state index in [4.69, 9.17) is 0 Å². The van der Waals surface area contributed by atoms with Crippen molar-refractivity contribution in [2.24, 2.45) is 0 Å². The molecule has 1 aromatic carbocycles. The number of carbonyl (C=O) groups excluding carboxylic acids is 1. The highest BCUT2D eigenvalue weighted by Gasteiger charge is 2.23. The Morgan fingerprint density at radius 3 is 2.86 bits per heavy atom. The second-order valence-electron chi connectivity index (χ2n) is 5.75. The Morgan fingerprint density at radius 2 is 2.18 bits per heavy atom. The fourth-order valence-corrected chi connectivity index (χ4v) is 3.98. The molecule has 5 heteroatoms. The Balaban J connectivity index is 1.49. The van der Waals surface area contributed by atoms with Gasteiger partial charge < -0.3 is 9.47 Å². The van der Waals surface area contributed by atoms with Crippen LogP contribution in [0.5, 0.6) is 0 Å². The third-order valence-corrected chi connectivity index (χ3v) is 5.29. The first-order chi connectivity index (χ1) is 10.7. The number of benzene rings is 1. The van der Waals surface area contributed by atoms with Crippen LogP contribution in [0.4, 0.5) is 0 Å². The number of hydrogen-bond donors (Lipinski definition) is 0. The van der Waals surface area contributed by atoms with Crippen molar-refractivity contribution in [3.05, 3.63) is 48.5 Å². The largest absolute Gasteiger partial charge is 0.341 e. The molecule has 1 aromatic heterocycles. The van der Waals surface area contributed by atoms with E-state index in [9.17, 15) is 4.79 Å². The summed E-state index contributed by atoms with van der Waals surface area (Å²) in [6.07, 6.45) is 7.36. The molecule has 0 N–H and O–H groups in total. The number of piperidine rings is 1. The molecule has 0 atom stereocenters. The van der Waals surface area contributed by atoms with Crippen molar-refractivity contribution in [3.8, 4) is 0 Å². The lowest BCUT2D eigenvalue weighted by atomic mass is 10.1. The Kier molecular flexibility index (Phi) is 4.83. The molecule has 0 aliphatic carbocycles. The monoisotopic (exact) mass is 315 g/mol. The molecular formula is C17H21N3OS. The Bertz CT molecular complexity index is 619. The van der Waals surface area contributed by atoms with Gasteiger partial charge in [0, 0.05) is 35.6 Å². The van der Waals surface area contributed by atoms with E-state index >= 15 is 0 Å². The molecule has 1 aliphatic heterocycles. The van der Waals surface area contributed by atoms with Crippen LogP contribution < -0.4 is 0 Å². The number of aromatic nitrogens is 2. The highest BCUT2D eigenvalue weighted by molar-refractivity contribution is 8.00. The van der Waals surface area contributed by atoms with Crippen molar-refractivity contribution in [1.82, 2.24) is 14.5 Å². The number of amides is 1. The van der Waals surface area contributed by atoms with Crippen LogP contribution in [0, 0.1) is 6.92 Å². The number of imidazole rings is 1. The van der Waals surface area contributed by atoms with Crippen molar-refractivity contribution in [3.63, 3.8) is 0 Å². The van der Waals surface area contributed by atoms with Gasteiger partial charge in [-0.05, 0) is 31.9 Å². The van der Waals surface area contributed by atoms with Crippen LogP contribution in [-0.2, 0) is 11.3 Å². The van der Waals surface area contributed by atoms with Crippen LogP contribution >= 0.6 is 11.8 Å². The topological polar surface area (TPSA) is 38.1 Å². The molecule has 1 fully saturated rings. The summed E-state index contributed by atoms with van der Waals surface area (Å²) in [6, 6.07) is 8.65. The van der Waals surface area contributed by atoms with Crippen molar-refractivity contribution in [2.45, 2.75) is 36.5 Å². The summed E-state index contributed by atoms with van der Waals surface area (Å²) in [4.78, 5) is 19.5. The molecule has 4 nitrogen and oxygen atoms in total. The molecule has 22 heavy (non-hydrogen) atoms. The Morgan fingerprint density at radius 1 is 1.36 bits per heavy atom. The average Bonchev–Trinajstić information content (AvgIpc) is 3.01. The number of hydrogen-bond acceptors (Lipinski definition) is 3. The fraction of sp³-hybridized carbons (Fsp3) is 0.412. The van der Waals surface area contributed by atoms with E-state index in [0.29, 0.717) is 11.8 Å². The number of carbonyl (C=O) groups is 1. The molecule has 2 aromatic rings. The molecule has 116 valence electrons. The normalized spacial score (nSPS) is 16.0. The zero-order valence-electron chi connectivity index (χ0n) is 12.8. The van der Waals surface area contributed by atoms with Crippen molar-refractivity contribution >= 4 is 17.7 Å². The average molecular weight is 315 g/mol. The minimum Gasteiger partial charge on any atom is -0.341 e. The lowest BCUT2D eigenvalue weighted by Gasteiger charge is -2.31. The van der Waals surface area contributed by atoms with E-state index < -0.39 is 0 Å². The van der Waals surface area contributed by atoms with Gasteiger partial charge in [-0.1, -0.05) is 17.7 Å². The van der Waals surface area contributed by atoms with E-state index in [1.54, 1.807) is 12.5 Å². The maximum Gasteiger partial charge on any atom is 0.242 e. The predicted octanol–water partition coefficient (Wildman–Crippen LogP) is 2.97. The molecule has 3 rings (SSSR count). The summed E-state index contributed by atoms with van der Waals surface area (Å²) < 4.78 is 1.83. The van der Waals surface area contributed by atoms with Gasteiger partial charge in [0.15, 0.2) is 0 Å². The zero-order valence-corrected chi connectivity index (χ0v) is 13.6. The van der Waals surface area contributed by atoms with Crippen LogP contribution in [-0.4, -0.2) is 38.7 Å². The van der Waals surface area contributed by atoms with E-state index in [0.717, 1.165) is 25.9 Å². The zero-order chi connectivity index (χ0) is 15.4. The number of thioether (sulfide) groups is 1. The van der Waals surface area contributed by atoms with E-state index in [2.05, 4.69) is 36.2 Å². The van der Waals surface area contributed by atoms with Crippen molar-refractivity contribution in [1.29, 1.82) is 0 Å². The van der Waals surface area contributed by atoms with Crippen LogP contribution in [0.3, 0.4) is 0 Å². The highest BCUT2D eigenvalue weighted by Crippen LogP contribution is 2.30. The SMILES string of the molecule is Cc1cccc(SC2CCN(C(=O)Cn3ccnc3)CC2)c1. The van der Waals surface area contributed by atoms with Gasteiger partial charge in [-0.25, -0.2) is 4.98 Å². The summed E-state index contributed by atoms with van der Waals surface area (Å²) in [5, 5.41) is 0.610. The minimum absolute atomic E-state index is 0.192. The molecule has 0 radical (unpaired) electrons. The third kappa shape index (κ3) is 3.91. The molecule has 0 saturated carbocycles. The van der Waals surface area contributed by atoms with Crippen LogP contribution in [0.25, 0.3) is 0 Å². The van der Waals surface area contributed by atoms with Gasteiger partial charge in [-0.15, -0.1) is 11.8 Å². The molecule has 0 bridgehead atoms. The predicted molar refractivity (Wildman–Crippen MR) is 88.9 cm³/mol. The Labute approximate surface area is 135 Å². The van der Waals surface area contributed by atoms with Gasteiger partial charge in [-0.3, -0.25) is 4.79 Å². The van der Waals surface area contributed by atoms with Gasteiger partial charge in [0.25, 0.3) is 0 Å². The molecule has 0 unspecified atom stereocenters. The van der Waals surface area contributed by atoms with Crippen LogP contribution in [0.15, 0.2) is 47.9 Å². The van der Waals surface area contributed by atoms with E-state index in [-0.39, 0.29) is 5.91 Å². The first kappa shape index (κ1) is 15.2.